The fourth-order valence-corrected chi connectivity index (χ4v) is 0.947. The van der Waals surface area contributed by atoms with Crippen molar-refractivity contribution in [1.29, 1.82) is 0 Å². The molecule has 8 nitrogen and oxygen atoms in total. The molecule has 0 bridgehead atoms. The Bertz CT molecular complexity index is 239. The lowest BCUT2D eigenvalue weighted by molar-refractivity contribution is -0.141. The summed E-state index contributed by atoms with van der Waals surface area (Å²) in [4.78, 5) is 33.0. The number of hydrogen-bond acceptors (Lipinski definition) is 6. The zero-order valence-corrected chi connectivity index (χ0v) is 8.28. The molecule has 0 aromatic heterocycles. The van der Waals surface area contributed by atoms with Gasteiger partial charge in [0.05, 0.1) is 7.11 Å². The summed E-state index contributed by atoms with van der Waals surface area (Å²) in [5, 5.41) is 0. The van der Waals surface area contributed by atoms with E-state index in [9.17, 15) is 14.4 Å². The normalized spacial score (nSPS) is 9.60. The topological polar surface area (TPSA) is 137 Å². The maximum Gasteiger partial charge on any atom is 0.305 e. The standard InChI is InChI=1S/C7H14N4O4/c1-15-5(12)3-2-4(6(13)10-8)7(14)11-9/h4H,2-3,8-9H2,1H3,(H,10,13)(H,11,14). The number of carbonyl (C=O) groups is 3. The van der Waals surface area contributed by atoms with Gasteiger partial charge >= 0.3 is 5.97 Å². The average Bonchev–Trinajstić information content (AvgIpc) is 2.27. The van der Waals surface area contributed by atoms with E-state index in [0.717, 1.165) is 0 Å². The maximum absolute atomic E-state index is 11.1. The predicted octanol–water partition coefficient (Wildman–Crippen LogP) is -2.46. The Morgan fingerprint density at radius 3 is 2.00 bits per heavy atom. The third-order valence-electron chi connectivity index (χ3n) is 1.78. The van der Waals surface area contributed by atoms with E-state index in [2.05, 4.69) is 4.74 Å². The van der Waals surface area contributed by atoms with E-state index in [4.69, 9.17) is 11.7 Å². The molecule has 0 unspecified atom stereocenters. The predicted molar refractivity (Wildman–Crippen MR) is 49.4 cm³/mol. The van der Waals surface area contributed by atoms with Crippen molar-refractivity contribution in [2.45, 2.75) is 12.8 Å². The fraction of sp³-hybridized carbons (Fsp3) is 0.571. The summed E-state index contributed by atoms with van der Waals surface area (Å²) in [5.41, 5.74) is 3.63. The van der Waals surface area contributed by atoms with Crippen LogP contribution in [0.25, 0.3) is 0 Å². The van der Waals surface area contributed by atoms with Crippen molar-refractivity contribution in [3.63, 3.8) is 0 Å². The van der Waals surface area contributed by atoms with Gasteiger partial charge in [-0.25, -0.2) is 11.7 Å². The largest absolute Gasteiger partial charge is 0.469 e. The molecule has 0 fully saturated rings. The van der Waals surface area contributed by atoms with Gasteiger partial charge in [0.2, 0.25) is 11.8 Å². The van der Waals surface area contributed by atoms with E-state index < -0.39 is 23.7 Å². The summed E-state index contributed by atoms with van der Waals surface area (Å²) in [6.07, 6.45) is -0.0826. The Balaban J connectivity index is 4.32. The number of hydrazine groups is 2. The highest BCUT2D eigenvalue weighted by atomic mass is 16.5. The Kier molecular flexibility index (Phi) is 5.99. The van der Waals surface area contributed by atoms with Crippen LogP contribution in [0.1, 0.15) is 12.8 Å². The first-order chi connectivity index (χ1) is 7.06. The number of amides is 2. The Morgan fingerprint density at radius 2 is 1.67 bits per heavy atom. The van der Waals surface area contributed by atoms with Gasteiger partial charge in [0.15, 0.2) is 0 Å². The van der Waals surface area contributed by atoms with Gasteiger partial charge in [-0.1, -0.05) is 0 Å². The molecule has 0 aliphatic carbocycles. The van der Waals surface area contributed by atoms with Crippen molar-refractivity contribution in [1.82, 2.24) is 10.9 Å². The molecule has 0 heterocycles. The van der Waals surface area contributed by atoms with Crippen molar-refractivity contribution < 1.29 is 19.1 Å². The lowest BCUT2D eigenvalue weighted by Crippen LogP contribution is -2.46. The van der Waals surface area contributed by atoms with Crippen LogP contribution in [0.5, 0.6) is 0 Å². The Morgan fingerprint density at radius 1 is 1.20 bits per heavy atom. The molecule has 6 N–H and O–H groups in total. The summed E-state index contributed by atoms with van der Waals surface area (Å²) in [5.74, 6) is 6.71. The van der Waals surface area contributed by atoms with Crippen molar-refractivity contribution in [3.05, 3.63) is 0 Å². The highest BCUT2D eigenvalue weighted by molar-refractivity contribution is 6.00. The number of nitrogens with two attached hydrogens (primary N) is 2. The van der Waals surface area contributed by atoms with Crippen molar-refractivity contribution >= 4 is 17.8 Å². The third-order valence-corrected chi connectivity index (χ3v) is 1.78. The third kappa shape index (κ3) is 4.38. The lowest BCUT2D eigenvalue weighted by Gasteiger charge is -2.12. The van der Waals surface area contributed by atoms with E-state index in [1.165, 1.54) is 7.11 Å². The van der Waals surface area contributed by atoms with Gasteiger partial charge in [-0.3, -0.25) is 25.2 Å². The Labute approximate surface area is 86.2 Å². The molecule has 86 valence electrons. The summed E-state index contributed by atoms with van der Waals surface area (Å²) < 4.78 is 4.36. The molecule has 0 radical (unpaired) electrons. The number of esters is 1. The Hall–Kier alpha value is -1.67. The van der Waals surface area contributed by atoms with Gasteiger partial charge in [0.1, 0.15) is 5.92 Å². The SMILES string of the molecule is COC(=O)CCC(C(=O)NN)C(=O)NN. The van der Waals surface area contributed by atoms with Crippen LogP contribution in [0.3, 0.4) is 0 Å². The van der Waals surface area contributed by atoms with Gasteiger partial charge < -0.3 is 4.74 Å². The van der Waals surface area contributed by atoms with Gasteiger partial charge in [-0.05, 0) is 6.42 Å². The van der Waals surface area contributed by atoms with Crippen LogP contribution in [0, 0.1) is 5.92 Å². The van der Waals surface area contributed by atoms with E-state index >= 15 is 0 Å². The summed E-state index contributed by atoms with van der Waals surface area (Å²) in [6, 6.07) is 0. The second-order valence-corrected chi connectivity index (χ2v) is 2.68. The highest BCUT2D eigenvalue weighted by Crippen LogP contribution is 2.07. The molecule has 8 heteroatoms. The van der Waals surface area contributed by atoms with E-state index in [1.807, 2.05) is 10.9 Å². The number of ether oxygens (including phenoxy) is 1. The number of nitrogens with one attached hydrogen (secondary N) is 2. The first-order valence-electron chi connectivity index (χ1n) is 4.14. The van der Waals surface area contributed by atoms with Crippen molar-refractivity contribution in [2.24, 2.45) is 17.6 Å². The fourth-order valence-electron chi connectivity index (χ4n) is 0.947. The summed E-state index contributed by atoms with van der Waals surface area (Å²) >= 11 is 0. The van der Waals surface area contributed by atoms with Crippen LogP contribution in [-0.2, 0) is 19.1 Å². The quantitative estimate of drug-likeness (QED) is 0.133. The van der Waals surface area contributed by atoms with Crippen LogP contribution in [0.15, 0.2) is 0 Å². The lowest BCUT2D eigenvalue weighted by atomic mass is 10.0. The monoisotopic (exact) mass is 218 g/mol. The van der Waals surface area contributed by atoms with Crippen LogP contribution < -0.4 is 22.5 Å². The molecule has 0 aromatic carbocycles. The van der Waals surface area contributed by atoms with Gasteiger partial charge in [-0.2, -0.15) is 0 Å². The molecule has 0 rings (SSSR count). The summed E-state index contributed by atoms with van der Waals surface area (Å²) in [6.45, 7) is 0. The number of methoxy groups -OCH3 is 1. The van der Waals surface area contributed by atoms with Gasteiger partial charge in [0, 0.05) is 6.42 Å². The number of hydrogen-bond donors (Lipinski definition) is 4. The highest BCUT2D eigenvalue weighted by Gasteiger charge is 2.26. The summed E-state index contributed by atoms with van der Waals surface area (Å²) in [7, 11) is 1.21. The van der Waals surface area contributed by atoms with Crippen LogP contribution >= 0.6 is 0 Å². The molecule has 0 spiro atoms. The first kappa shape index (κ1) is 13.3. The van der Waals surface area contributed by atoms with E-state index in [-0.39, 0.29) is 12.8 Å². The van der Waals surface area contributed by atoms with Crippen molar-refractivity contribution in [3.8, 4) is 0 Å². The van der Waals surface area contributed by atoms with Crippen molar-refractivity contribution in [2.75, 3.05) is 7.11 Å². The minimum Gasteiger partial charge on any atom is -0.469 e. The molecule has 0 aliphatic heterocycles. The zero-order chi connectivity index (χ0) is 11.8. The molecule has 15 heavy (non-hydrogen) atoms. The number of carbonyl (C=O) groups excluding carboxylic acids is 3. The van der Waals surface area contributed by atoms with E-state index in [0.29, 0.717) is 0 Å². The second-order valence-electron chi connectivity index (χ2n) is 2.68. The minimum absolute atomic E-state index is 0.0151. The molecule has 0 atom stereocenters. The molecular weight excluding hydrogens is 204 g/mol. The second kappa shape index (κ2) is 6.74. The maximum atomic E-state index is 11.1. The molecule has 0 saturated heterocycles. The molecule has 0 aromatic rings. The average molecular weight is 218 g/mol. The van der Waals surface area contributed by atoms with Crippen LogP contribution in [-0.4, -0.2) is 24.9 Å². The smallest absolute Gasteiger partial charge is 0.305 e. The van der Waals surface area contributed by atoms with E-state index in [1.54, 1.807) is 0 Å². The molecule has 2 amide bonds. The van der Waals surface area contributed by atoms with Crippen LogP contribution in [0.4, 0.5) is 0 Å². The molecule has 0 saturated carbocycles. The van der Waals surface area contributed by atoms with Gasteiger partial charge in [0.25, 0.3) is 0 Å². The van der Waals surface area contributed by atoms with Crippen LogP contribution in [0.2, 0.25) is 0 Å². The number of rotatable bonds is 5. The minimum atomic E-state index is -1.10. The van der Waals surface area contributed by atoms with Gasteiger partial charge in [-0.15, -0.1) is 0 Å². The molecular formula is C7H14N4O4. The molecule has 0 aliphatic rings. The zero-order valence-electron chi connectivity index (χ0n) is 8.28. The first-order valence-corrected chi connectivity index (χ1v) is 4.14.